The summed E-state index contributed by atoms with van der Waals surface area (Å²) >= 11 is 0. The minimum absolute atomic E-state index is 0.0837. The molecule has 0 fully saturated rings. The molecule has 1 atom stereocenters. The molecule has 0 amide bonds. The Morgan fingerprint density at radius 2 is 1.73 bits per heavy atom. The van der Waals surface area contributed by atoms with Crippen LogP contribution in [-0.4, -0.2) is 32.8 Å². The van der Waals surface area contributed by atoms with Gasteiger partial charge in [-0.15, -0.1) is 0 Å². The number of sulfonamides is 1. The van der Waals surface area contributed by atoms with E-state index in [4.69, 9.17) is 4.74 Å². The van der Waals surface area contributed by atoms with Crippen LogP contribution in [0.1, 0.15) is 23.6 Å². The van der Waals surface area contributed by atoms with Gasteiger partial charge < -0.3 is 9.84 Å². The van der Waals surface area contributed by atoms with Crippen molar-refractivity contribution >= 4 is 16.1 Å². The zero-order valence-electron chi connectivity index (χ0n) is 15.3. The predicted octanol–water partition coefficient (Wildman–Crippen LogP) is 2.89. The van der Waals surface area contributed by atoms with Crippen LogP contribution in [-0.2, 0) is 16.4 Å². The van der Waals surface area contributed by atoms with E-state index in [2.05, 4.69) is 4.72 Å². The molecule has 6 heteroatoms. The maximum absolute atomic E-state index is 12.1. The van der Waals surface area contributed by atoms with Crippen molar-refractivity contribution in [3.8, 4) is 5.75 Å². The zero-order chi connectivity index (χ0) is 19.2. The lowest BCUT2D eigenvalue weighted by Crippen LogP contribution is -2.41. The summed E-state index contributed by atoms with van der Waals surface area (Å²) < 4.78 is 31.8. The maximum atomic E-state index is 12.1. The van der Waals surface area contributed by atoms with Crippen molar-refractivity contribution < 1.29 is 18.3 Å². The Morgan fingerprint density at radius 3 is 2.31 bits per heavy atom. The average Bonchev–Trinajstić information content (AvgIpc) is 2.60. The second-order valence-electron chi connectivity index (χ2n) is 6.60. The molecule has 0 aliphatic heterocycles. The number of aliphatic hydroxyl groups is 1. The number of methoxy groups -OCH3 is 1. The van der Waals surface area contributed by atoms with Gasteiger partial charge in [0.1, 0.15) is 5.75 Å². The fourth-order valence-electron chi connectivity index (χ4n) is 2.40. The van der Waals surface area contributed by atoms with Crippen molar-refractivity contribution in [3.05, 3.63) is 70.6 Å². The normalized spacial score (nSPS) is 14.3. The van der Waals surface area contributed by atoms with Crippen LogP contribution in [0.5, 0.6) is 5.75 Å². The van der Waals surface area contributed by atoms with E-state index in [1.807, 2.05) is 43.3 Å². The molecule has 0 aliphatic rings. The van der Waals surface area contributed by atoms with E-state index in [0.29, 0.717) is 6.42 Å². The van der Waals surface area contributed by atoms with Crippen molar-refractivity contribution in [2.24, 2.45) is 0 Å². The third kappa shape index (κ3) is 6.63. The lowest BCUT2D eigenvalue weighted by Gasteiger charge is -2.23. The number of hydrogen-bond donors (Lipinski definition) is 2. The van der Waals surface area contributed by atoms with Crippen molar-refractivity contribution in [1.82, 2.24) is 4.72 Å². The van der Waals surface area contributed by atoms with Gasteiger partial charge in [0, 0.05) is 18.4 Å². The van der Waals surface area contributed by atoms with Gasteiger partial charge >= 0.3 is 0 Å². The fraction of sp³-hybridized carbons (Fsp3) is 0.300. The Hall–Kier alpha value is -2.15. The van der Waals surface area contributed by atoms with Gasteiger partial charge in [0.15, 0.2) is 0 Å². The number of rotatable bonds is 8. The Morgan fingerprint density at radius 1 is 1.12 bits per heavy atom. The van der Waals surface area contributed by atoms with Crippen LogP contribution in [0.4, 0.5) is 0 Å². The quantitative estimate of drug-likeness (QED) is 0.744. The number of aryl methyl sites for hydroxylation is 1. The van der Waals surface area contributed by atoms with Gasteiger partial charge in [-0.05, 0) is 43.2 Å². The van der Waals surface area contributed by atoms with E-state index >= 15 is 0 Å². The molecule has 0 aliphatic carbocycles. The summed E-state index contributed by atoms with van der Waals surface area (Å²) in [6, 6.07) is 14.8. The van der Waals surface area contributed by atoms with Crippen molar-refractivity contribution in [3.63, 3.8) is 0 Å². The molecule has 2 rings (SSSR count). The van der Waals surface area contributed by atoms with Gasteiger partial charge in [0.2, 0.25) is 10.0 Å². The number of nitrogens with one attached hydrogen (secondary N) is 1. The van der Waals surface area contributed by atoms with Crippen LogP contribution in [0.2, 0.25) is 0 Å². The van der Waals surface area contributed by atoms with Gasteiger partial charge in [-0.1, -0.05) is 42.0 Å². The molecule has 140 valence electrons. The Labute approximate surface area is 155 Å². The number of benzene rings is 2. The minimum atomic E-state index is -3.64. The van der Waals surface area contributed by atoms with Crippen LogP contribution in [0, 0.1) is 6.92 Å². The van der Waals surface area contributed by atoms with Crippen molar-refractivity contribution in [2.45, 2.75) is 25.9 Å². The minimum Gasteiger partial charge on any atom is -0.497 e. The Kier molecular flexibility index (Phi) is 6.58. The van der Waals surface area contributed by atoms with Gasteiger partial charge in [0.05, 0.1) is 12.7 Å². The molecule has 26 heavy (non-hydrogen) atoms. The molecule has 2 aromatic carbocycles. The molecule has 0 radical (unpaired) electrons. The van der Waals surface area contributed by atoms with E-state index in [-0.39, 0.29) is 6.54 Å². The predicted molar refractivity (Wildman–Crippen MR) is 104 cm³/mol. The summed E-state index contributed by atoms with van der Waals surface area (Å²) in [5, 5.41) is 11.6. The third-order valence-electron chi connectivity index (χ3n) is 3.92. The molecule has 2 aromatic rings. The summed E-state index contributed by atoms with van der Waals surface area (Å²) in [7, 11) is -2.05. The highest BCUT2D eigenvalue weighted by molar-refractivity contribution is 7.92. The number of ether oxygens (including phenoxy) is 1. The molecule has 0 aromatic heterocycles. The molecular formula is C20H25NO4S. The van der Waals surface area contributed by atoms with Gasteiger partial charge in [-0.2, -0.15) is 0 Å². The lowest BCUT2D eigenvalue weighted by molar-refractivity contribution is 0.0658. The summed E-state index contributed by atoms with van der Waals surface area (Å²) in [5.74, 6) is 0.732. The molecule has 0 bridgehead atoms. The van der Waals surface area contributed by atoms with Crippen molar-refractivity contribution in [2.75, 3.05) is 13.7 Å². The number of hydrogen-bond acceptors (Lipinski definition) is 4. The van der Waals surface area contributed by atoms with Crippen LogP contribution >= 0.6 is 0 Å². The van der Waals surface area contributed by atoms with Crippen LogP contribution < -0.4 is 9.46 Å². The topological polar surface area (TPSA) is 75.6 Å². The zero-order valence-corrected chi connectivity index (χ0v) is 16.1. The highest BCUT2D eigenvalue weighted by Gasteiger charge is 2.23. The SMILES string of the molecule is COc1ccc(CC(C)(O)CNS(=O)(=O)C=Cc2ccc(C)cc2)cc1. The van der Waals surface area contributed by atoms with Gasteiger partial charge in [-0.25, -0.2) is 13.1 Å². The monoisotopic (exact) mass is 375 g/mol. The third-order valence-corrected chi connectivity index (χ3v) is 4.96. The van der Waals surface area contributed by atoms with Crippen LogP contribution in [0.15, 0.2) is 53.9 Å². The molecule has 2 N–H and O–H groups in total. The first-order valence-corrected chi connectivity index (χ1v) is 9.83. The van der Waals surface area contributed by atoms with E-state index in [0.717, 1.165) is 27.8 Å². The van der Waals surface area contributed by atoms with E-state index in [1.54, 1.807) is 26.2 Å². The first kappa shape index (κ1) is 20.2. The van der Waals surface area contributed by atoms with E-state index in [1.165, 1.54) is 6.08 Å². The molecule has 0 spiro atoms. The largest absolute Gasteiger partial charge is 0.497 e. The summed E-state index contributed by atoms with van der Waals surface area (Å²) in [4.78, 5) is 0. The average molecular weight is 375 g/mol. The molecule has 5 nitrogen and oxygen atoms in total. The molecule has 0 heterocycles. The molecular weight excluding hydrogens is 350 g/mol. The molecule has 1 unspecified atom stereocenters. The smallest absolute Gasteiger partial charge is 0.233 e. The first-order chi connectivity index (χ1) is 12.2. The Balaban J connectivity index is 1.94. The first-order valence-electron chi connectivity index (χ1n) is 8.29. The van der Waals surface area contributed by atoms with Gasteiger partial charge in [-0.3, -0.25) is 0 Å². The maximum Gasteiger partial charge on any atom is 0.233 e. The fourth-order valence-corrected chi connectivity index (χ4v) is 3.34. The standard InChI is InChI=1S/C20H25NO4S/c1-16-4-6-17(7-5-16)12-13-26(23,24)21-15-20(2,22)14-18-8-10-19(25-3)11-9-18/h4-13,21-22H,14-15H2,1-3H3. The van der Waals surface area contributed by atoms with E-state index in [9.17, 15) is 13.5 Å². The summed E-state index contributed by atoms with van der Waals surface area (Å²) in [6.07, 6.45) is 1.85. The van der Waals surface area contributed by atoms with Gasteiger partial charge in [0.25, 0.3) is 0 Å². The summed E-state index contributed by atoms with van der Waals surface area (Å²) in [6.45, 7) is 3.49. The molecule has 0 saturated carbocycles. The highest BCUT2D eigenvalue weighted by Crippen LogP contribution is 2.17. The summed E-state index contributed by atoms with van der Waals surface area (Å²) in [5.41, 5.74) is 1.59. The highest BCUT2D eigenvalue weighted by atomic mass is 32.2. The second kappa shape index (κ2) is 8.49. The van der Waals surface area contributed by atoms with Crippen LogP contribution in [0.25, 0.3) is 6.08 Å². The second-order valence-corrected chi connectivity index (χ2v) is 8.25. The van der Waals surface area contributed by atoms with Crippen molar-refractivity contribution in [1.29, 1.82) is 0 Å². The molecule has 0 saturated heterocycles. The Bertz CT molecular complexity index is 838. The van der Waals surface area contributed by atoms with E-state index < -0.39 is 15.6 Å². The lowest BCUT2D eigenvalue weighted by atomic mass is 9.97. The van der Waals surface area contributed by atoms with Crippen LogP contribution in [0.3, 0.4) is 0 Å².